The van der Waals surface area contributed by atoms with Gasteiger partial charge in [-0.05, 0) is 0 Å². The Kier molecular flexibility index (Phi) is 7.54. The monoisotopic (exact) mass is 668 g/mol. The summed E-state index contributed by atoms with van der Waals surface area (Å²) < 4.78 is 114. The smallest absolute Gasteiger partial charge is 0.207 e. The molecule has 4 aromatic rings. The van der Waals surface area contributed by atoms with Crippen LogP contribution in [0.5, 0.6) is 0 Å². The van der Waals surface area contributed by atoms with Crippen molar-refractivity contribution in [2.24, 2.45) is 0 Å². The largest absolute Gasteiger partial charge is 1.00 e. The minimum atomic E-state index is -3.29. The maximum absolute atomic E-state index is 14.3. The average Bonchev–Trinajstić information content (AvgIpc) is 2.65. The van der Waals surface area contributed by atoms with Crippen molar-refractivity contribution in [3.63, 3.8) is 0 Å². The Morgan fingerprint density at radius 2 is 0.441 bits per heavy atom. The Morgan fingerprint density at radius 3 is 0.588 bits per heavy atom. The normalized spacial score (nSPS) is 11.3. The standard InChI is InChI=1S/C24H12BF8.Tl/c26-17-1-13(2-18(27)9-17)25(14-3-19(28)10-20(29)4-14,15-5-21(30)11-22(31)6-15)16-7-23(32)12-24(33)8-16;/h1-12H;/q-1;+1. The van der Waals surface area contributed by atoms with Gasteiger partial charge in [-0.2, -0.15) is 21.9 Å². The molecular weight excluding hydrogens is 655 g/mol. The molecule has 0 atom stereocenters. The van der Waals surface area contributed by atoms with Gasteiger partial charge in [-0.15, -0.1) is 0 Å². The third kappa shape index (κ3) is 4.89. The molecule has 0 bridgehead atoms. The van der Waals surface area contributed by atoms with Crippen LogP contribution in [0.2, 0.25) is 0 Å². The average molecular weight is 668 g/mol. The van der Waals surface area contributed by atoms with E-state index in [2.05, 4.69) is 0 Å². The van der Waals surface area contributed by atoms with E-state index in [0.29, 0.717) is 24.3 Å². The molecule has 34 heavy (non-hydrogen) atoms. The Hall–Kier alpha value is -2.69. The van der Waals surface area contributed by atoms with Gasteiger partial charge in [-0.3, -0.25) is 0 Å². The van der Waals surface area contributed by atoms with Crippen LogP contribution >= 0.6 is 0 Å². The number of hydrogen-bond acceptors (Lipinski definition) is 0. The topological polar surface area (TPSA) is 0 Å². The molecule has 0 unspecified atom stereocenters. The fourth-order valence-corrected chi connectivity index (χ4v) is 4.46. The predicted molar refractivity (Wildman–Crippen MR) is 115 cm³/mol. The summed E-state index contributed by atoms with van der Waals surface area (Å²) in [5, 5.41) is 0. The molecule has 0 N–H and O–H groups in total. The van der Waals surface area contributed by atoms with E-state index >= 15 is 0 Å². The van der Waals surface area contributed by atoms with Gasteiger partial charge >= 0.3 is 27.3 Å². The molecular formula is C24H12BF8Tl. The SMILES string of the molecule is Fc1cc(F)cc([B-](c2cc(F)cc(F)c2)(c2cc(F)cc(F)c2)c2cc(F)cc(F)c2)c1.[Tl+]. The van der Waals surface area contributed by atoms with Crippen molar-refractivity contribution in [2.75, 3.05) is 0 Å². The van der Waals surface area contributed by atoms with Crippen LogP contribution < -0.4 is 21.9 Å². The summed E-state index contributed by atoms with van der Waals surface area (Å²) in [6.07, 6.45) is -3.29. The third-order valence-electron chi connectivity index (χ3n) is 5.54. The van der Waals surface area contributed by atoms with Crippen molar-refractivity contribution in [2.45, 2.75) is 0 Å². The number of halogens is 8. The molecule has 0 aliphatic heterocycles. The van der Waals surface area contributed by atoms with Gasteiger partial charge in [0.2, 0.25) is 0 Å². The maximum Gasteiger partial charge on any atom is 1.00 e. The number of benzene rings is 4. The van der Waals surface area contributed by atoms with E-state index < -0.39 is 52.7 Å². The molecule has 0 nitrogen and oxygen atoms in total. The number of rotatable bonds is 4. The Balaban J connectivity index is 0.00000324. The molecule has 0 spiro atoms. The molecule has 10 heteroatoms. The summed E-state index contributed by atoms with van der Waals surface area (Å²) >= 11 is 0. The molecule has 4 rings (SSSR count). The third-order valence-corrected chi connectivity index (χ3v) is 5.54. The molecule has 0 aromatic heterocycles. The second-order valence-electron chi connectivity index (χ2n) is 7.68. The van der Waals surface area contributed by atoms with Crippen LogP contribution in [0.3, 0.4) is 0 Å². The van der Waals surface area contributed by atoms with Gasteiger partial charge in [0.15, 0.2) is 0 Å². The molecule has 4 aromatic carbocycles. The van der Waals surface area contributed by atoms with E-state index in [-0.39, 0.29) is 49.1 Å². The minimum Gasteiger partial charge on any atom is -0.207 e. The van der Waals surface area contributed by atoms with E-state index in [0.717, 1.165) is 48.5 Å². The Bertz CT molecular complexity index is 1080. The van der Waals surface area contributed by atoms with Gasteiger partial charge in [-0.1, -0.05) is 48.5 Å². The van der Waals surface area contributed by atoms with Crippen LogP contribution in [-0.2, 0) is 0 Å². The van der Waals surface area contributed by atoms with E-state index in [9.17, 15) is 35.1 Å². The summed E-state index contributed by atoms with van der Waals surface area (Å²) in [6, 6.07) is 8.24. The molecule has 0 aliphatic rings. The maximum atomic E-state index is 14.3. The van der Waals surface area contributed by atoms with Gasteiger partial charge in [0, 0.05) is 24.3 Å². The fourth-order valence-electron chi connectivity index (χ4n) is 4.46. The fraction of sp³-hybridized carbons (Fsp3) is 0. The summed E-state index contributed by atoms with van der Waals surface area (Å²) in [6.45, 7) is 0. The van der Waals surface area contributed by atoms with Gasteiger partial charge in [-0.25, -0.2) is 35.1 Å². The van der Waals surface area contributed by atoms with Gasteiger partial charge in [0.25, 0.3) is 0 Å². The molecule has 170 valence electrons. The van der Waals surface area contributed by atoms with Crippen LogP contribution in [-0.4, -0.2) is 33.4 Å². The minimum absolute atomic E-state index is 0. The van der Waals surface area contributed by atoms with Crippen molar-refractivity contribution in [1.82, 2.24) is 0 Å². The van der Waals surface area contributed by atoms with Crippen molar-refractivity contribution in [3.8, 4) is 0 Å². The van der Waals surface area contributed by atoms with Crippen LogP contribution in [0.4, 0.5) is 35.1 Å². The van der Waals surface area contributed by atoms with Crippen LogP contribution in [0, 0.1) is 46.5 Å². The molecule has 0 radical (unpaired) electrons. The first-order valence-corrected chi connectivity index (χ1v) is 9.59. The molecule has 0 heterocycles. The Morgan fingerprint density at radius 1 is 0.294 bits per heavy atom. The molecule has 0 saturated carbocycles. The molecule has 0 amide bonds. The van der Waals surface area contributed by atoms with E-state index in [4.69, 9.17) is 0 Å². The van der Waals surface area contributed by atoms with Crippen molar-refractivity contribution >= 4 is 55.3 Å². The van der Waals surface area contributed by atoms with E-state index in [1.165, 1.54) is 0 Å². The quantitative estimate of drug-likeness (QED) is 0.230. The van der Waals surface area contributed by atoms with Crippen molar-refractivity contribution in [3.05, 3.63) is 119 Å². The first-order valence-electron chi connectivity index (χ1n) is 9.59. The number of hydrogen-bond donors (Lipinski definition) is 0. The zero-order chi connectivity index (χ0) is 23.9. The molecule has 0 aliphatic carbocycles. The van der Waals surface area contributed by atoms with Crippen LogP contribution in [0.25, 0.3) is 0 Å². The van der Waals surface area contributed by atoms with Gasteiger partial charge in [0.1, 0.15) is 52.7 Å². The van der Waals surface area contributed by atoms with Gasteiger partial charge < -0.3 is 0 Å². The second-order valence-corrected chi connectivity index (χ2v) is 7.68. The summed E-state index contributed by atoms with van der Waals surface area (Å²) in [7, 11) is 0. The van der Waals surface area contributed by atoms with Crippen LogP contribution in [0.15, 0.2) is 72.8 Å². The van der Waals surface area contributed by atoms with Crippen LogP contribution in [0.1, 0.15) is 0 Å². The van der Waals surface area contributed by atoms with Crippen molar-refractivity contribution in [1.29, 1.82) is 0 Å². The molecule has 0 saturated heterocycles. The molecule has 0 fully saturated rings. The van der Waals surface area contributed by atoms with E-state index in [1.54, 1.807) is 0 Å². The first-order chi connectivity index (χ1) is 15.6. The summed E-state index contributed by atoms with van der Waals surface area (Å²) in [5.41, 5.74) is -1.42. The zero-order valence-electron chi connectivity index (χ0n) is 17.1. The van der Waals surface area contributed by atoms with Gasteiger partial charge in [0.05, 0.1) is 0 Å². The zero-order valence-corrected chi connectivity index (χ0v) is 21.6. The van der Waals surface area contributed by atoms with E-state index in [1.807, 2.05) is 0 Å². The summed E-state index contributed by atoms with van der Waals surface area (Å²) in [4.78, 5) is 0. The first kappa shape index (κ1) is 25.9. The predicted octanol–water partition coefficient (Wildman–Crippen LogP) is 3.80. The van der Waals surface area contributed by atoms with Crippen molar-refractivity contribution < 1.29 is 35.1 Å². The second kappa shape index (κ2) is 9.89. The Labute approximate surface area is 209 Å². The summed E-state index contributed by atoms with van der Waals surface area (Å²) in [5.74, 6) is -8.99.